The molecule has 2 rings (SSSR count). The first kappa shape index (κ1) is 13.8. The summed E-state index contributed by atoms with van der Waals surface area (Å²) in [6.45, 7) is 1.04. The van der Waals surface area contributed by atoms with Crippen LogP contribution < -0.4 is 11.1 Å². The lowest BCUT2D eigenvalue weighted by atomic mass is 10.1. The molecule has 0 saturated carbocycles. The molecule has 4 heteroatoms. The second-order valence-corrected chi connectivity index (χ2v) is 5.04. The fourth-order valence-corrected chi connectivity index (χ4v) is 2.18. The number of rotatable bonds is 4. The highest BCUT2D eigenvalue weighted by atomic mass is 79.9. The Labute approximate surface area is 121 Å². The quantitative estimate of drug-likeness (QED) is 0.910. The van der Waals surface area contributed by atoms with Crippen molar-refractivity contribution >= 4 is 21.8 Å². The molecule has 0 spiro atoms. The summed E-state index contributed by atoms with van der Waals surface area (Å²) in [5.74, 6) is -0.0876. The van der Waals surface area contributed by atoms with Gasteiger partial charge in [-0.1, -0.05) is 36.4 Å². The number of nitrogens with two attached hydrogens (primary N) is 1. The van der Waals surface area contributed by atoms with Crippen LogP contribution in [0.25, 0.3) is 0 Å². The largest absolute Gasteiger partial charge is 0.348 e. The SMILES string of the molecule is NCc1ccc(CNC(=O)c2ccccc2Br)cc1. The lowest BCUT2D eigenvalue weighted by Crippen LogP contribution is -2.23. The first-order valence-electron chi connectivity index (χ1n) is 6.01. The van der Waals surface area contributed by atoms with E-state index in [1.54, 1.807) is 6.07 Å². The summed E-state index contributed by atoms with van der Waals surface area (Å²) in [6.07, 6.45) is 0. The Morgan fingerprint density at radius 3 is 2.32 bits per heavy atom. The van der Waals surface area contributed by atoms with Crippen LogP contribution in [0.5, 0.6) is 0 Å². The first-order valence-corrected chi connectivity index (χ1v) is 6.80. The average molecular weight is 319 g/mol. The number of carbonyl (C=O) groups excluding carboxylic acids is 1. The van der Waals surface area contributed by atoms with Crippen molar-refractivity contribution in [3.63, 3.8) is 0 Å². The Kier molecular flexibility index (Phi) is 4.71. The highest BCUT2D eigenvalue weighted by Gasteiger charge is 2.08. The molecule has 0 aromatic heterocycles. The highest BCUT2D eigenvalue weighted by Crippen LogP contribution is 2.15. The molecule has 2 aromatic carbocycles. The van der Waals surface area contributed by atoms with Crippen LogP contribution in [-0.4, -0.2) is 5.91 Å². The molecule has 0 saturated heterocycles. The van der Waals surface area contributed by atoms with Crippen molar-refractivity contribution < 1.29 is 4.79 Å². The maximum atomic E-state index is 12.0. The topological polar surface area (TPSA) is 55.1 Å². The predicted octanol–water partition coefficient (Wildman–Crippen LogP) is 2.84. The minimum Gasteiger partial charge on any atom is -0.348 e. The Bertz CT molecular complexity index is 567. The molecule has 0 unspecified atom stereocenters. The van der Waals surface area contributed by atoms with Gasteiger partial charge < -0.3 is 11.1 Å². The first-order chi connectivity index (χ1) is 9.20. The van der Waals surface area contributed by atoms with Gasteiger partial charge in [0.2, 0.25) is 0 Å². The summed E-state index contributed by atoms with van der Waals surface area (Å²) in [7, 11) is 0. The van der Waals surface area contributed by atoms with Crippen molar-refractivity contribution in [1.29, 1.82) is 0 Å². The molecule has 98 valence electrons. The zero-order chi connectivity index (χ0) is 13.7. The van der Waals surface area contributed by atoms with Crippen LogP contribution in [0.2, 0.25) is 0 Å². The van der Waals surface area contributed by atoms with Crippen molar-refractivity contribution in [2.45, 2.75) is 13.1 Å². The third kappa shape index (κ3) is 3.66. The fraction of sp³-hybridized carbons (Fsp3) is 0.133. The Morgan fingerprint density at radius 2 is 1.68 bits per heavy atom. The number of benzene rings is 2. The minimum atomic E-state index is -0.0876. The molecule has 0 heterocycles. The number of amides is 1. The maximum absolute atomic E-state index is 12.0. The van der Waals surface area contributed by atoms with Crippen molar-refractivity contribution in [1.82, 2.24) is 5.32 Å². The summed E-state index contributed by atoms with van der Waals surface area (Å²) in [5, 5.41) is 2.89. The van der Waals surface area contributed by atoms with Gasteiger partial charge in [-0.15, -0.1) is 0 Å². The Morgan fingerprint density at radius 1 is 1.05 bits per heavy atom. The zero-order valence-electron chi connectivity index (χ0n) is 10.4. The molecule has 0 bridgehead atoms. The van der Waals surface area contributed by atoms with Crippen molar-refractivity contribution in [3.05, 3.63) is 69.7 Å². The van der Waals surface area contributed by atoms with E-state index in [4.69, 9.17) is 5.73 Å². The van der Waals surface area contributed by atoms with Crippen molar-refractivity contribution in [2.75, 3.05) is 0 Å². The van der Waals surface area contributed by atoms with E-state index >= 15 is 0 Å². The van der Waals surface area contributed by atoms with Gasteiger partial charge in [0.05, 0.1) is 5.56 Å². The summed E-state index contributed by atoms with van der Waals surface area (Å²) >= 11 is 3.37. The summed E-state index contributed by atoms with van der Waals surface area (Å²) in [6, 6.07) is 15.3. The molecule has 0 radical (unpaired) electrons. The van der Waals surface area contributed by atoms with E-state index in [-0.39, 0.29) is 5.91 Å². The standard InChI is InChI=1S/C15H15BrN2O/c16-14-4-2-1-3-13(14)15(19)18-10-12-7-5-11(9-17)6-8-12/h1-8H,9-10,17H2,(H,18,19). The normalized spacial score (nSPS) is 10.2. The molecule has 1 amide bonds. The zero-order valence-corrected chi connectivity index (χ0v) is 12.0. The molecule has 3 N–H and O–H groups in total. The van der Waals surface area contributed by atoms with Crippen LogP contribution in [0, 0.1) is 0 Å². The van der Waals surface area contributed by atoms with E-state index in [0.717, 1.165) is 15.6 Å². The van der Waals surface area contributed by atoms with Gasteiger partial charge in [0.25, 0.3) is 5.91 Å². The summed E-state index contributed by atoms with van der Waals surface area (Å²) in [5.41, 5.74) is 8.32. The number of hydrogen-bond acceptors (Lipinski definition) is 2. The van der Waals surface area contributed by atoms with Crippen LogP contribution in [0.4, 0.5) is 0 Å². The minimum absolute atomic E-state index is 0.0876. The number of hydrogen-bond donors (Lipinski definition) is 2. The molecule has 19 heavy (non-hydrogen) atoms. The molecular formula is C15H15BrN2O. The van der Waals surface area contributed by atoms with Crippen LogP contribution in [0.15, 0.2) is 53.0 Å². The predicted molar refractivity (Wildman–Crippen MR) is 79.6 cm³/mol. The number of carbonyl (C=O) groups is 1. The highest BCUT2D eigenvalue weighted by molar-refractivity contribution is 9.10. The van der Waals surface area contributed by atoms with Crippen LogP contribution in [0.1, 0.15) is 21.5 Å². The lowest BCUT2D eigenvalue weighted by molar-refractivity contribution is 0.0950. The van der Waals surface area contributed by atoms with E-state index in [1.165, 1.54) is 0 Å². The Hall–Kier alpha value is -1.65. The van der Waals surface area contributed by atoms with Gasteiger partial charge >= 0.3 is 0 Å². The number of halogens is 1. The Balaban J connectivity index is 1.98. The monoisotopic (exact) mass is 318 g/mol. The summed E-state index contributed by atoms with van der Waals surface area (Å²) in [4.78, 5) is 12.0. The van der Waals surface area contributed by atoms with Crippen LogP contribution in [0.3, 0.4) is 0 Å². The fourth-order valence-electron chi connectivity index (χ4n) is 1.72. The molecule has 0 aliphatic heterocycles. The smallest absolute Gasteiger partial charge is 0.252 e. The maximum Gasteiger partial charge on any atom is 0.252 e. The van der Waals surface area contributed by atoms with E-state index in [0.29, 0.717) is 18.7 Å². The van der Waals surface area contributed by atoms with Gasteiger partial charge in [-0.2, -0.15) is 0 Å². The molecule has 2 aromatic rings. The van der Waals surface area contributed by atoms with Crippen molar-refractivity contribution in [2.24, 2.45) is 5.73 Å². The lowest BCUT2D eigenvalue weighted by Gasteiger charge is -2.07. The van der Waals surface area contributed by atoms with Gasteiger partial charge in [0.15, 0.2) is 0 Å². The van der Waals surface area contributed by atoms with Gasteiger partial charge in [0.1, 0.15) is 0 Å². The van der Waals surface area contributed by atoms with E-state index in [9.17, 15) is 4.79 Å². The van der Waals surface area contributed by atoms with E-state index < -0.39 is 0 Å². The number of nitrogens with one attached hydrogen (secondary N) is 1. The van der Waals surface area contributed by atoms with E-state index in [1.807, 2.05) is 42.5 Å². The van der Waals surface area contributed by atoms with Crippen molar-refractivity contribution in [3.8, 4) is 0 Å². The average Bonchev–Trinajstić information content (AvgIpc) is 2.46. The molecule has 0 atom stereocenters. The molecule has 0 aliphatic carbocycles. The van der Waals surface area contributed by atoms with Gasteiger partial charge in [-0.05, 0) is 39.2 Å². The van der Waals surface area contributed by atoms with Crippen LogP contribution >= 0.6 is 15.9 Å². The van der Waals surface area contributed by atoms with Gasteiger partial charge in [-0.25, -0.2) is 0 Å². The molecular weight excluding hydrogens is 304 g/mol. The molecule has 0 fully saturated rings. The second-order valence-electron chi connectivity index (χ2n) is 4.18. The van der Waals surface area contributed by atoms with E-state index in [2.05, 4.69) is 21.2 Å². The summed E-state index contributed by atoms with van der Waals surface area (Å²) < 4.78 is 0.797. The van der Waals surface area contributed by atoms with Gasteiger partial charge in [0, 0.05) is 17.6 Å². The molecule has 0 aliphatic rings. The third-order valence-electron chi connectivity index (χ3n) is 2.83. The molecule has 3 nitrogen and oxygen atoms in total. The van der Waals surface area contributed by atoms with Crippen LogP contribution in [-0.2, 0) is 13.1 Å². The third-order valence-corrected chi connectivity index (χ3v) is 3.52. The van der Waals surface area contributed by atoms with Gasteiger partial charge in [-0.3, -0.25) is 4.79 Å². The second kappa shape index (κ2) is 6.50.